The second kappa shape index (κ2) is 6.65. The molecule has 0 aliphatic rings. The van der Waals surface area contributed by atoms with Crippen LogP contribution in [0.2, 0.25) is 0 Å². The highest BCUT2D eigenvalue weighted by molar-refractivity contribution is 5.91. The molecule has 0 unspecified atom stereocenters. The van der Waals surface area contributed by atoms with Gasteiger partial charge in [0.05, 0.1) is 6.61 Å². The third-order valence-corrected chi connectivity index (χ3v) is 2.19. The smallest absolute Gasteiger partial charge is 0.226 e. The largest absolute Gasteiger partial charge is 0.392 e. The Balaban J connectivity index is 2.47. The number of hydrogen-bond donors (Lipinski definition) is 3. The van der Waals surface area contributed by atoms with E-state index >= 15 is 0 Å². The van der Waals surface area contributed by atoms with Crippen molar-refractivity contribution < 1.29 is 14.7 Å². The summed E-state index contributed by atoms with van der Waals surface area (Å²) >= 11 is 0. The average Bonchev–Trinajstić information content (AvgIpc) is 2.29. The van der Waals surface area contributed by atoms with Gasteiger partial charge in [0.1, 0.15) is 0 Å². The van der Waals surface area contributed by atoms with Crippen LogP contribution in [0.1, 0.15) is 18.9 Å². The molecule has 3 N–H and O–H groups in total. The molecular formula is C12H16N2O3. The predicted molar refractivity (Wildman–Crippen MR) is 64.3 cm³/mol. The van der Waals surface area contributed by atoms with E-state index in [1.54, 1.807) is 24.3 Å². The van der Waals surface area contributed by atoms with E-state index in [2.05, 4.69) is 10.6 Å². The van der Waals surface area contributed by atoms with E-state index in [-0.39, 0.29) is 24.8 Å². The van der Waals surface area contributed by atoms with Gasteiger partial charge in [0.2, 0.25) is 11.8 Å². The molecule has 0 aromatic heterocycles. The molecule has 0 saturated carbocycles. The van der Waals surface area contributed by atoms with Crippen LogP contribution >= 0.6 is 0 Å². The number of aliphatic hydroxyl groups excluding tert-OH is 1. The molecule has 17 heavy (non-hydrogen) atoms. The van der Waals surface area contributed by atoms with Crippen LogP contribution in [0, 0.1) is 0 Å². The molecule has 92 valence electrons. The fourth-order valence-corrected chi connectivity index (χ4v) is 1.34. The van der Waals surface area contributed by atoms with Crippen LogP contribution in [0.25, 0.3) is 0 Å². The number of benzene rings is 1. The molecule has 0 atom stereocenters. The van der Waals surface area contributed by atoms with E-state index in [1.165, 1.54) is 6.92 Å². The van der Waals surface area contributed by atoms with Gasteiger partial charge in [-0.25, -0.2) is 0 Å². The molecule has 0 radical (unpaired) electrons. The zero-order chi connectivity index (χ0) is 12.7. The Kier molecular flexibility index (Phi) is 5.16. The second-order valence-corrected chi connectivity index (χ2v) is 3.60. The van der Waals surface area contributed by atoms with Gasteiger partial charge in [0.25, 0.3) is 0 Å². The summed E-state index contributed by atoms with van der Waals surface area (Å²) in [6, 6.07) is 7.03. The van der Waals surface area contributed by atoms with Crippen LogP contribution in [-0.2, 0) is 16.2 Å². The Morgan fingerprint density at radius 3 is 2.65 bits per heavy atom. The molecule has 0 bridgehead atoms. The Morgan fingerprint density at radius 1 is 1.29 bits per heavy atom. The molecular weight excluding hydrogens is 220 g/mol. The van der Waals surface area contributed by atoms with Crippen LogP contribution in [0.3, 0.4) is 0 Å². The monoisotopic (exact) mass is 236 g/mol. The molecule has 0 fully saturated rings. The fraction of sp³-hybridized carbons (Fsp3) is 0.333. The summed E-state index contributed by atoms with van der Waals surface area (Å²) in [6.07, 6.45) is 0.208. The molecule has 0 aliphatic carbocycles. The van der Waals surface area contributed by atoms with Crippen LogP contribution in [-0.4, -0.2) is 23.5 Å². The van der Waals surface area contributed by atoms with Crippen LogP contribution in [0.5, 0.6) is 0 Å². The fourth-order valence-electron chi connectivity index (χ4n) is 1.34. The van der Waals surface area contributed by atoms with E-state index in [9.17, 15) is 9.59 Å². The first-order valence-electron chi connectivity index (χ1n) is 5.36. The molecule has 0 spiro atoms. The quantitative estimate of drug-likeness (QED) is 0.702. The summed E-state index contributed by atoms with van der Waals surface area (Å²) in [4.78, 5) is 22.1. The van der Waals surface area contributed by atoms with E-state index < -0.39 is 0 Å². The number of anilines is 1. The molecule has 0 heterocycles. The van der Waals surface area contributed by atoms with Crippen LogP contribution in [0.15, 0.2) is 24.3 Å². The van der Waals surface area contributed by atoms with Gasteiger partial charge in [0.15, 0.2) is 0 Å². The van der Waals surface area contributed by atoms with E-state index in [4.69, 9.17) is 5.11 Å². The maximum Gasteiger partial charge on any atom is 0.226 e. The third-order valence-electron chi connectivity index (χ3n) is 2.19. The van der Waals surface area contributed by atoms with Crippen molar-refractivity contribution in [3.63, 3.8) is 0 Å². The zero-order valence-corrected chi connectivity index (χ0v) is 9.69. The number of carbonyl (C=O) groups is 2. The number of para-hydroxylation sites is 1. The van der Waals surface area contributed by atoms with Crippen molar-refractivity contribution in [2.75, 3.05) is 11.9 Å². The minimum atomic E-state index is -0.195. The molecule has 0 aliphatic heterocycles. The highest BCUT2D eigenvalue weighted by Crippen LogP contribution is 2.14. The van der Waals surface area contributed by atoms with E-state index in [0.717, 1.165) is 0 Å². The lowest BCUT2D eigenvalue weighted by Crippen LogP contribution is -2.25. The predicted octanol–water partition coefficient (Wildman–Crippen LogP) is 0.644. The number of nitrogens with one attached hydrogen (secondary N) is 2. The highest BCUT2D eigenvalue weighted by Gasteiger charge is 2.05. The molecule has 2 amide bonds. The average molecular weight is 236 g/mol. The summed E-state index contributed by atoms with van der Waals surface area (Å²) in [7, 11) is 0. The van der Waals surface area contributed by atoms with Gasteiger partial charge in [0, 0.05) is 31.1 Å². The van der Waals surface area contributed by atoms with E-state index in [0.29, 0.717) is 17.8 Å². The lowest BCUT2D eigenvalue weighted by Gasteiger charge is -2.09. The van der Waals surface area contributed by atoms with Crippen LogP contribution in [0.4, 0.5) is 5.69 Å². The maximum absolute atomic E-state index is 11.5. The number of rotatable bonds is 5. The molecule has 0 saturated heterocycles. The minimum Gasteiger partial charge on any atom is -0.392 e. The van der Waals surface area contributed by atoms with Crippen molar-refractivity contribution in [3.8, 4) is 0 Å². The number of hydrogen-bond acceptors (Lipinski definition) is 3. The topological polar surface area (TPSA) is 78.4 Å². The zero-order valence-electron chi connectivity index (χ0n) is 9.69. The maximum atomic E-state index is 11.5. The van der Waals surface area contributed by atoms with E-state index in [1.807, 2.05) is 0 Å². The summed E-state index contributed by atoms with van der Waals surface area (Å²) in [5, 5.41) is 14.3. The Bertz CT molecular complexity index is 404. The molecule has 5 nitrogen and oxygen atoms in total. The normalized spacial score (nSPS) is 9.76. The van der Waals surface area contributed by atoms with Gasteiger partial charge in [-0.1, -0.05) is 18.2 Å². The van der Waals surface area contributed by atoms with Gasteiger partial charge >= 0.3 is 0 Å². The minimum absolute atomic E-state index is 0.123. The van der Waals surface area contributed by atoms with Crippen molar-refractivity contribution in [1.29, 1.82) is 0 Å². The van der Waals surface area contributed by atoms with Gasteiger partial charge < -0.3 is 15.7 Å². The summed E-state index contributed by atoms with van der Waals surface area (Å²) in [5.41, 5.74) is 1.27. The Labute approximate surface area is 99.8 Å². The first-order chi connectivity index (χ1) is 8.13. The van der Waals surface area contributed by atoms with Crippen LogP contribution < -0.4 is 10.6 Å². The Morgan fingerprint density at radius 2 is 2.00 bits per heavy atom. The van der Waals surface area contributed by atoms with Crippen molar-refractivity contribution in [1.82, 2.24) is 5.32 Å². The molecule has 5 heteroatoms. The van der Waals surface area contributed by atoms with Gasteiger partial charge in [-0.3, -0.25) is 9.59 Å². The molecule has 1 rings (SSSR count). The number of amides is 2. The van der Waals surface area contributed by atoms with Crippen molar-refractivity contribution in [3.05, 3.63) is 29.8 Å². The summed E-state index contributed by atoms with van der Waals surface area (Å²) in [6.45, 7) is 1.59. The molecule has 1 aromatic carbocycles. The number of carbonyl (C=O) groups excluding carboxylic acids is 2. The van der Waals surface area contributed by atoms with Gasteiger partial charge in [-0.05, 0) is 6.07 Å². The highest BCUT2D eigenvalue weighted by atomic mass is 16.3. The van der Waals surface area contributed by atoms with Gasteiger partial charge in [-0.2, -0.15) is 0 Å². The summed E-state index contributed by atoms with van der Waals surface area (Å²) in [5.74, 6) is -0.354. The summed E-state index contributed by atoms with van der Waals surface area (Å²) < 4.78 is 0. The van der Waals surface area contributed by atoms with Gasteiger partial charge in [-0.15, -0.1) is 0 Å². The third kappa shape index (κ3) is 4.65. The Hall–Kier alpha value is -1.88. The van der Waals surface area contributed by atoms with Crippen molar-refractivity contribution in [2.45, 2.75) is 20.0 Å². The second-order valence-electron chi connectivity index (χ2n) is 3.60. The SMILES string of the molecule is CC(=O)NCCC(=O)Nc1ccccc1CO. The lowest BCUT2D eigenvalue weighted by molar-refractivity contribution is -0.119. The molecule has 1 aromatic rings. The van der Waals surface area contributed by atoms with Crippen molar-refractivity contribution >= 4 is 17.5 Å². The first-order valence-corrected chi connectivity index (χ1v) is 5.36. The number of aliphatic hydroxyl groups is 1. The van der Waals surface area contributed by atoms with Crippen molar-refractivity contribution in [2.24, 2.45) is 0 Å². The lowest BCUT2D eigenvalue weighted by atomic mass is 10.2. The standard InChI is InChI=1S/C12H16N2O3/c1-9(16)13-7-6-12(17)14-11-5-3-2-4-10(11)8-15/h2-5,15H,6-8H2,1H3,(H,13,16)(H,14,17). The first kappa shape index (κ1) is 13.2.